The highest BCUT2D eigenvalue weighted by Crippen LogP contribution is 2.41. The van der Waals surface area contributed by atoms with Gasteiger partial charge in [-0.25, -0.2) is 24.0 Å². The van der Waals surface area contributed by atoms with Crippen LogP contribution in [0.1, 0.15) is 34.6 Å². The fourth-order valence-electron chi connectivity index (χ4n) is 15.8. The molecule has 49 atom stereocenters. The monoisotopic (exact) mass is 1910 g/mol. The van der Waals surface area contributed by atoms with Gasteiger partial charge in [-0.2, -0.15) is 0 Å². The first-order valence-electron chi connectivity index (χ1n) is 39.9. The Morgan fingerprint density at radius 1 is 0.290 bits per heavy atom. The first-order valence-corrected chi connectivity index (χ1v) is 39.9. The van der Waals surface area contributed by atoms with Gasteiger partial charge >= 0.3 is 29.8 Å². The molecule has 748 valence electrons. The summed E-state index contributed by atoms with van der Waals surface area (Å²) in [5, 5.41) is 308. The third-order valence-electron chi connectivity index (χ3n) is 22.3. The Morgan fingerprint density at radius 3 is 0.740 bits per heavy atom. The minimum absolute atomic E-state index is 0.0378. The van der Waals surface area contributed by atoms with Crippen molar-refractivity contribution < 1.29 is 276 Å². The van der Waals surface area contributed by atoms with Crippen LogP contribution in [0.4, 0.5) is 0 Å². The largest absolute Gasteiger partial charge is 0.479 e. The van der Waals surface area contributed by atoms with E-state index in [1.807, 2.05) is 5.32 Å². The molecular formula is C70H107N5O56. The number of hydrogen-bond donors (Lipinski definition) is 32. The van der Waals surface area contributed by atoms with E-state index in [-0.39, 0.29) is 6.29 Å². The van der Waals surface area contributed by atoms with Gasteiger partial charge in [0, 0.05) is 34.6 Å². The molecular weight excluding hydrogens is 1810 g/mol. The maximum absolute atomic E-state index is 13.4. The second-order valence-corrected chi connectivity index (χ2v) is 31.5. The van der Waals surface area contributed by atoms with Crippen molar-refractivity contribution >= 4 is 65.7 Å². The van der Waals surface area contributed by atoms with Crippen LogP contribution in [0.3, 0.4) is 0 Å². The Labute approximate surface area is 734 Å². The van der Waals surface area contributed by atoms with Gasteiger partial charge in [-0.3, -0.25) is 24.0 Å². The molecule has 9 saturated heterocycles. The lowest BCUT2D eigenvalue weighted by atomic mass is 9.93. The van der Waals surface area contributed by atoms with E-state index in [0.717, 1.165) is 34.6 Å². The number of aliphatic hydroxyl groups excluding tert-OH is 22. The van der Waals surface area contributed by atoms with Gasteiger partial charge in [-0.1, -0.05) is 0 Å². The fourth-order valence-corrected chi connectivity index (χ4v) is 15.8. The van der Waals surface area contributed by atoms with Crippen LogP contribution in [0.2, 0.25) is 0 Å². The van der Waals surface area contributed by atoms with Crippen LogP contribution in [-0.4, -0.2) is 537 Å². The van der Waals surface area contributed by atoms with Crippen molar-refractivity contribution in [3.05, 3.63) is 0 Å². The lowest BCUT2D eigenvalue weighted by molar-refractivity contribution is -0.381. The van der Waals surface area contributed by atoms with Gasteiger partial charge in [0.15, 0.2) is 87.1 Å². The number of aliphatic hydroxyl groups is 22. The van der Waals surface area contributed by atoms with Gasteiger partial charge in [0.1, 0.15) is 220 Å². The summed E-state index contributed by atoms with van der Waals surface area (Å²) in [6.45, 7) is -2.18. The average Bonchev–Trinajstić information content (AvgIpc) is 0.749. The molecule has 131 heavy (non-hydrogen) atoms. The maximum atomic E-state index is 13.4. The second kappa shape index (κ2) is 46.1. The summed E-state index contributed by atoms with van der Waals surface area (Å²) in [7, 11) is 0. The van der Waals surface area contributed by atoms with Gasteiger partial charge in [-0.05, 0) is 0 Å². The van der Waals surface area contributed by atoms with Crippen molar-refractivity contribution in [1.29, 1.82) is 0 Å². The maximum Gasteiger partial charge on any atom is 0.335 e. The summed E-state index contributed by atoms with van der Waals surface area (Å²) in [4.78, 5) is 141. The van der Waals surface area contributed by atoms with Crippen molar-refractivity contribution in [2.75, 3.05) is 33.0 Å². The molecule has 9 heterocycles. The number of aliphatic carboxylic acids is 5. The molecule has 0 aromatic carbocycles. The predicted molar refractivity (Wildman–Crippen MR) is 392 cm³/mol. The molecule has 0 aromatic rings. The third kappa shape index (κ3) is 24.1. The van der Waals surface area contributed by atoms with Crippen LogP contribution in [0.25, 0.3) is 0 Å². The molecule has 9 fully saturated rings. The second-order valence-electron chi connectivity index (χ2n) is 31.5. The topological polar surface area (TPSA) is 960 Å². The van der Waals surface area contributed by atoms with Crippen molar-refractivity contribution in [3.8, 4) is 0 Å². The van der Waals surface area contributed by atoms with Gasteiger partial charge in [0.05, 0.1) is 33.0 Å². The van der Waals surface area contributed by atoms with E-state index in [2.05, 4.69) is 21.3 Å². The molecule has 0 bridgehead atoms. The van der Waals surface area contributed by atoms with E-state index in [0.29, 0.717) is 0 Å². The van der Waals surface area contributed by atoms with Crippen LogP contribution in [0.15, 0.2) is 0 Å². The summed E-state index contributed by atoms with van der Waals surface area (Å²) in [6, 6.07) is -10.6. The predicted octanol–water partition coefficient (Wildman–Crippen LogP) is -21.8. The molecule has 0 aliphatic carbocycles. The van der Waals surface area contributed by atoms with E-state index in [1.54, 1.807) is 0 Å². The lowest BCUT2D eigenvalue weighted by Crippen LogP contribution is -2.72. The van der Waals surface area contributed by atoms with Crippen LogP contribution in [0, 0.1) is 0 Å². The summed E-state index contributed by atoms with van der Waals surface area (Å²) >= 11 is 0. The van der Waals surface area contributed by atoms with Gasteiger partial charge in [0.25, 0.3) is 0 Å². The molecule has 32 N–H and O–H groups in total. The smallest absolute Gasteiger partial charge is 0.335 e. The number of carbonyl (C=O) groups excluding carboxylic acids is 6. The average molecular weight is 1910 g/mol. The minimum atomic E-state index is -2.74. The number of hydrogen-bond acceptors (Lipinski definition) is 51. The molecule has 61 heteroatoms. The van der Waals surface area contributed by atoms with Gasteiger partial charge < -0.3 is 255 Å². The van der Waals surface area contributed by atoms with Crippen molar-refractivity contribution in [2.24, 2.45) is 0 Å². The molecule has 0 unspecified atom stereocenters. The molecule has 61 nitrogen and oxygen atoms in total. The highest BCUT2D eigenvalue weighted by molar-refractivity contribution is 5.79. The van der Waals surface area contributed by atoms with E-state index >= 15 is 0 Å². The lowest BCUT2D eigenvalue weighted by Gasteiger charge is -2.51. The Morgan fingerprint density at radius 2 is 0.519 bits per heavy atom. The molecule has 9 rings (SSSR count). The SMILES string of the molecule is CC(=O)N[C@H]1[C@H](O[C@H]2[C@H](O)[C@@H](O)[C@H](O[C@H]3[C@H](O)[C@@H](CO)O[C@@H](O[C@H]4[C@H](O)[C@@H](O)[C@H](O[C@H]5[C@H](O)[C@@H](CO)O[C@@H](O[C@H]6[C@H](O)[C@@H](O)[C@H](O[C@H]7[C@H](O)[C@@H](CO)O[C@@H](O[C@H]8[C@H](O)[C@@H](O)[C@H](O[C@@H]([C@H](O)[C@H](O)CO)[C@H](C=O)NC(C)=O)O[C@@H]8C(=O)O)[C@@H]7NC(C)=O)O[C@@H]6C(=O)O)[C@@H]5NC(C)=O)O[C@@H]4C(=O)O)[C@@H]3NC(C)=O)O[C@@H]2C(=O)O)O[C@H](CO)[C@@H](O)[C@@H]1O[C@@H]1O[C@H](C(=O)O)[C@@H](O)[C@H](O)[C@H]1O. The molecule has 0 spiro atoms. The Balaban J connectivity index is 0.923. The highest BCUT2D eigenvalue weighted by atomic mass is 16.8. The van der Waals surface area contributed by atoms with E-state index in [4.69, 9.17) is 85.3 Å². The summed E-state index contributed by atoms with van der Waals surface area (Å²) in [6.07, 6.45) is -107. The normalized spacial score (nSPS) is 44.3. The molecule has 9 aliphatic rings. The number of carboxylic acid groups (broad SMARTS) is 5. The number of rotatable bonds is 37. The molecule has 5 amide bonds. The van der Waals surface area contributed by atoms with Crippen molar-refractivity contribution in [2.45, 2.75) is 335 Å². The Hall–Kier alpha value is -7.23. The first kappa shape index (κ1) is 107. The highest BCUT2D eigenvalue weighted by Gasteiger charge is 2.64. The summed E-state index contributed by atoms with van der Waals surface area (Å²) in [5.74, 6) is -15.8. The number of nitrogens with one attached hydrogen (secondary N) is 5. The zero-order valence-corrected chi connectivity index (χ0v) is 68.8. The third-order valence-corrected chi connectivity index (χ3v) is 22.3. The van der Waals surface area contributed by atoms with Gasteiger partial charge in [0.2, 0.25) is 29.5 Å². The van der Waals surface area contributed by atoms with E-state index < -0.39 is 393 Å². The van der Waals surface area contributed by atoms with E-state index in [9.17, 15) is 191 Å². The quantitative estimate of drug-likeness (QED) is 0.0257. The molecule has 9 aliphatic heterocycles. The van der Waals surface area contributed by atoms with Crippen LogP contribution >= 0.6 is 0 Å². The van der Waals surface area contributed by atoms with Gasteiger partial charge in [-0.15, -0.1) is 0 Å². The molecule has 0 aromatic heterocycles. The summed E-state index contributed by atoms with van der Waals surface area (Å²) < 4.78 is 102. The number of aldehydes is 1. The zero-order chi connectivity index (χ0) is 97.6. The number of ether oxygens (including phenoxy) is 18. The van der Waals surface area contributed by atoms with Crippen molar-refractivity contribution in [3.63, 3.8) is 0 Å². The minimum Gasteiger partial charge on any atom is -0.479 e. The van der Waals surface area contributed by atoms with Crippen molar-refractivity contribution in [1.82, 2.24) is 26.6 Å². The Bertz CT molecular complexity index is 3870. The molecule has 0 saturated carbocycles. The van der Waals surface area contributed by atoms with E-state index in [1.165, 1.54) is 0 Å². The number of carbonyl (C=O) groups is 11. The fraction of sp³-hybridized carbons (Fsp3) is 0.843. The summed E-state index contributed by atoms with van der Waals surface area (Å²) in [5.41, 5.74) is 0. The molecule has 0 radical (unpaired) electrons. The standard InChI is InChI=1S/C70H107N5O56/c1-12(82)71-17(6-76)43(27(88)18(87)7-77)118-67-39(100)34(95)48(53(128-67)58(106)107)123-63-24(73-14(3)84)45(29(90)20(9-79)115-63)120-69-41(102)36(97)50(55(130-69)60(110)111)125-65-26(75-16(5)86)47(31(92)22(11-81)117-65)122-70-42(103)37(98)51(56(131-70)61(112)113)126-64-25(74-15(4)85)46(30(91)21(10-80)116-64)121-68-40(101)35(96)49(54(129-68)59(108)109)124-62-23(72-13(2)83)44(28(89)19(8-78)114-62)119-66-38(99)32(93)33(94)52(127-66)57(104)105/h6,17-56,62-70,77-81,87-103H,7-11H2,1-5H3,(H,71,82)(H,72,83)(H,73,84)(H,74,85)(H,75,86)(H,104,105)(H,106,107)(H,108,109)(H,110,111)(H,112,113)/t17-,18+,19+,20+,21+,22+,23+,24+,25+,26+,27+,28+,29+,30+,31+,32-,33-,34+,35+,36+,37+,38+,39+,40+,41+,42+,43+,44+,45+,46+,47+,48-,49-,50-,51-,52-,53-,54-,55-,56-,62-,63-,64-,65-,66+,67+,68+,69+,70+/m0/s1. The zero-order valence-electron chi connectivity index (χ0n) is 68.8. The van der Waals surface area contributed by atoms with Crippen LogP contribution in [-0.2, 0) is 138 Å². The number of amides is 5. The number of carboxylic acids is 5. The van der Waals surface area contributed by atoms with Crippen LogP contribution in [0.5, 0.6) is 0 Å². The Kier molecular flexibility index (Phi) is 37.8. The first-order chi connectivity index (χ1) is 61.5. The van der Waals surface area contributed by atoms with Crippen LogP contribution < -0.4 is 26.6 Å².